The Morgan fingerprint density at radius 2 is 2.35 bits per heavy atom. The van der Waals surface area contributed by atoms with E-state index in [2.05, 4.69) is 10.6 Å². The quantitative estimate of drug-likeness (QED) is 0.772. The molecule has 0 aliphatic carbocycles. The molecule has 128 valence electrons. The van der Waals surface area contributed by atoms with E-state index >= 15 is 0 Å². The number of ether oxygens (including phenoxy) is 3. The van der Waals surface area contributed by atoms with Crippen LogP contribution in [0, 0.1) is 0 Å². The van der Waals surface area contributed by atoms with Gasteiger partial charge in [-0.15, -0.1) is 0 Å². The average Bonchev–Trinajstić information content (AvgIpc) is 3.04. The summed E-state index contributed by atoms with van der Waals surface area (Å²) in [6.07, 6.45) is 3.09. The molecule has 2 rings (SSSR count). The SMILES string of the molecule is COCC[C@H](C)NC(=O)Nc1cccc(OC[C@@H]2CCCO2)c1. The lowest BCUT2D eigenvalue weighted by atomic mass is 10.2. The van der Waals surface area contributed by atoms with Crippen LogP contribution >= 0.6 is 0 Å². The van der Waals surface area contributed by atoms with Crippen molar-refractivity contribution in [3.8, 4) is 5.75 Å². The first-order valence-electron chi connectivity index (χ1n) is 8.08. The Bertz CT molecular complexity index is 489. The van der Waals surface area contributed by atoms with Gasteiger partial charge in [0, 0.05) is 38.1 Å². The molecule has 0 saturated carbocycles. The van der Waals surface area contributed by atoms with Gasteiger partial charge < -0.3 is 24.8 Å². The van der Waals surface area contributed by atoms with Gasteiger partial charge in [-0.2, -0.15) is 0 Å². The molecule has 6 nitrogen and oxygen atoms in total. The highest BCUT2D eigenvalue weighted by Crippen LogP contribution is 2.19. The van der Waals surface area contributed by atoms with Gasteiger partial charge in [-0.3, -0.25) is 0 Å². The predicted molar refractivity (Wildman–Crippen MR) is 89.0 cm³/mol. The second-order valence-corrected chi connectivity index (χ2v) is 5.75. The summed E-state index contributed by atoms with van der Waals surface area (Å²) >= 11 is 0. The van der Waals surface area contributed by atoms with Crippen molar-refractivity contribution >= 4 is 11.7 Å². The zero-order valence-electron chi connectivity index (χ0n) is 13.8. The van der Waals surface area contributed by atoms with Crippen LogP contribution in [0.2, 0.25) is 0 Å². The highest BCUT2D eigenvalue weighted by Gasteiger charge is 2.16. The first-order valence-corrected chi connectivity index (χ1v) is 8.08. The van der Waals surface area contributed by atoms with Gasteiger partial charge in [0.1, 0.15) is 12.4 Å². The highest BCUT2D eigenvalue weighted by molar-refractivity contribution is 5.89. The van der Waals surface area contributed by atoms with E-state index in [0.29, 0.717) is 18.9 Å². The van der Waals surface area contributed by atoms with E-state index in [9.17, 15) is 4.79 Å². The summed E-state index contributed by atoms with van der Waals surface area (Å²) in [7, 11) is 1.65. The fraction of sp³-hybridized carbons (Fsp3) is 0.588. The predicted octanol–water partition coefficient (Wildman–Crippen LogP) is 2.79. The summed E-state index contributed by atoms with van der Waals surface area (Å²) in [5.74, 6) is 0.728. The highest BCUT2D eigenvalue weighted by atomic mass is 16.5. The summed E-state index contributed by atoms with van der Waals surface area (Å²) in [5.41, 5.74) is 0.700. The minimum Gasteiger partial charge on any atom is -0.491 e. The molecule has 2 amide bonds. The lowest BCUT2D eigenvalue weighted by Crippen LogP contribution is -2.36. The van der Waals surface area contributed by atoms with Crippen molar-refractivity contribution in [2.24, 2.45) is 0 Å². The topological polar surface area (TPSA) is 68.8 Å². The molecular formula is C17H26N2O4. The number of benzene rings is 1. The van der Waals surface area contributed by atoms with Crippen molar-refractivity contribution in [3.63, 3.8) is 0 Å². The first kappa shape index (κ1) is 17.6. The van der Waals surface area contributed by atoms with Gasteiger partial charge in [-0.05, 0) is 38.3 Å². The minimum absolute atomic E-state index is 0.0499. The second-order valence-electron chi connectivity index (χ2n) is 5.75. The Labute approximate surface area is 137 Å². The Balaban J connectivity index is 1.78. The van der Waals surface area contributed by atoms with Gasteiger partial charge in [0.15, 0.2) is 0 Å². The third kappa shape index (κ3) is 6.46. The summed E-state index contributed by atoms with van der Waals surface area (Å²) in [5, 5.41) is 5.68. The van der Waals surface area contributed by atoms with Gasteiger partial charge >= 0.3 is 6.03 Å². The van der Waals surface area contributed by atoms with Crippen molar-refractivity contribution in [2.45, 2.75) is 38.3 Å². The Morgan fingerprint density at radius 1 is 1.48 bits per heavy atom. The molecule has 1 aromatic rings. The molecule has 0 spiro atoms. The smallest absolute Gasteiger partial charge is 0.319 e. The van der Waals surface area contributed by atoms with Crippen molar-refractivity contribution in [1.82, 2.24) is 5.32 Å². The van der Waals surface area contributed by atoms with Gasteiger partial charge in [-0.25, -0.2) is 4.79 Å². The number of carbonyl (C=O) groups is 1. The number of urea groups is 1. The summed E-state index contributed by atoms with van der Waals surface area (Å²) in [6, 6.07) is 7.19. The van der Waals surface area contributed by atoms with Crippen LogP contribution in [0.5, 0.6) is 5.75 Å². The van der Waals surface area contributed by atoms with Gasteiger partial charge in [0.2, 0.25) is 0 Å². The molecule has 1 heterocycles. The minimum atomic E-state index is -0.232. The fourth-order valence-corrected chi connectivity index (χ4v) is 2.39. The molecule has 0 aromatic heterocycles. The third-order valence-electron chi connectivity index (χ3n) is 3.68. The van der Waals surface area contributed by atoms with Crippen LogP contribution in [0.3, 0.4) is 0 Å². The maximum atomic E-state index is 11.9. The van der Waals surface area contributed by atoms with Crippen molar-refractivity contribution in [1.29, 1.82) is 0 Å². The maximum absolute atomic E-state index is 11.9. The molecule has 0 unspecified atom stereocenters. The molecule has 1 aromatic carbocycles. The molecule has 1 aliphatic heterocycles. The third-order valence-corrected chi connectivity index (χ3v) is 3.68. The molecule has 23 heavy (non-hydrogen) atoms. The van der Waals surface area contributed by atoms with Crippen LogP contribution in [-0.4, -0.2) is 45.1 Å². The van der Waals surface area contributed by atoms with E-state index in [0.717, 1.165) is 31.6 Å². The van der Waals surface area contributed by atoms with Crippen LogP contribution in [0.4, 0.5) is 10.5 Å². The number of anilines is 1. The van der Waals surface area contributed by atoms with Crippen molar-refractivity contribution in [3.05, 3.63) is 24.3 Å². The lowest BCUT2D eigenvalue weighted by molar-refractivity contribution is 0.0680. The summed E-state index contributed by atoms with van der Waals surface area (Å²) < 4.78 is 16.3. The molecule has 1 aliphatic rings. The number of methoxy groups -OCH3 is 1. The standard InChI is InChI=1S/C17H26N2O4/c1-13(8-10-21-2)18-17(20)19-14-5-3-6-15(11-14)23-12-16-7-4-9-22-16/h3,5-6,11,13,16H,4,7-10,12H2,1-2H3,(H2,18,19,20)/t13-,16-/m0/s1. The number of hydrogen-bond donors (Lipinski definition) is 2. The normalized spacial score (nSPS) is 18.4. The molecule has 1 fully saturated rings. The first-order chi connectivity index (χ1) is 11.2. The average molecular weight is 322 g/mol. The number of nitrogens with one attached hydrogen (secondary N) is 2. The summed E-state index contributed by atoms with van der Waals surface area (Å²) in [6.45, 7) is 3.93. The van der Waals surface area contributed by atoms with Crippen LogP contribution in [-0.2, 0) is 9.47 Å². The number of rotatable bonds is 8. The van der Waals surface area contributed by atoms with Crippen LogP contribution in [0.15, 0.2) is 24.3 Å². The van der Waals surface area contributed by atoms with Crippen molar-refractivity contribution < 1.29 is 19.0 Å². The largest absolute Gasteiger partial charge is 0.491 e. The van der Waals surface area contributed by atoms with E-state index in [1.54, 1.807) is 7.11 Å². The van der Waals surface area contributed by atoms with Gasteiger partial charge in [0.05, 0.1) is 6.10 Å². The van der Waals surface area contributed by atoms with Crippen LogP contribution in [0.1, 0.15) is 26.2 Å². The van der Waals surface area contributed by atoms with E-state index < -0.39 is 0 Å². The molecular weight excluding hydrogens is 296 g/mol. The van der Waals surface area contributed by atoms with E-state index in [4.69, 9.17) is 14.2 Å². The molecule has 6 heteroatoms. The van der Waals surface area contributed by atoms with Gasteiger partial charge in [0.25, 0.3) is 0 Å². The summed E-state index contributed by atoms with van der Waals surface area (Å²) in [4.78, 5) is 11.9. The van der Waals surface area contributed by atoms with Crippen LogP contribution in [0.25, 0.3) is 0 Å². The Morgan fingerprint density at radius 3 is 3.09 bits per heavy atom. The number of carbonyl (C=O) groups excluding carboxylic acids is 1. The fourth-order valence-electron chi connectivity index (χ4n) is 2.39. The molecule has 1 saturated heterocycles. The van der Waals surface area contributed by atoms with Crippen LogP contribution < -0.4 is 15.4 Å². The number of hydrogen-bond acceptors (Lipinski definition) is 4. The molecule has 2 atom stereocenters. The van der Waals surface area contributed by atoms with Crippen molar-refractivity contribution in [2.75, 3.05) is 32.2 Å². The Kier molecular flexibility index (Phi) is 7.16. The van der Waals surface area contributed by atoms with Gasteiger partial charge in [-0.1, -0.05) is 6.07 Å². The second kappa shape index (κ2) is 9.37. The molecule has 2 N–H and O–H groups in total. The maximum Gasteiger partial charge on any atom is 0.319 e. The lowest BCUT2D eigenvalue weighted by Gasteiger charge is -2.15. The van der Waals surface area contributed by atoms with E-state index in [1.165, 1.54) is 0 Å². The molecule has 0 radical (unpaired) electrons. The zero-order chi connectivity index (χ0) is 16.5. The zero-order valence-corrected chi connectivity index (χ0v) is 13.8. The monoisotopic (exact) mass is 322 g/mol. The van der Waals surface area contributed by atoms with E-state index in [1.807, 2.05) is 31.2 Å². The molecule has 0 bridgehead atoms. The number of amides is 2. The Hall–Kier alpha value is -1.79. The van der Waals surface area contributed by atoms with E-state index in [-0.39, 0.29) is 18.2 Å².